The Bertz CT molecular complexity index is 1270. The van der Waals surface area contributed by atoms with Crippen LogP contribution in [0, 0.1) is 0 Å². The molecule has 0 N–H and O–H groups in total. The smallest absolute Gasteiger partial charge is 0.306 e. The highest BCUT2D eigenvalue weighted by molar-refractivity contribution is 5.71. The lowest BCUT2D eigenvalue weighted by Gasteiger charge is -2.18. The van der Waals surface area contributed by atoms with E-state index in [0.29, 0.717) is 19.3 Å². The summed E-state index contributed by atoms with van der Waals surface area (Å²) < 4.78 is 17.0. The minimum absolute atomic E-state index is 0.0689. The molecule has 0 saturated carbocycles. The second-order valence-electron chi connectivity index (χ2n) is 24.5. The molecular weight excluding hydrogens is 973 g/mol. The van der Waals surface area contributed by atoms with Crippen molar-refractivity contribution < 1.29 is 28.6 Å². The Morgan fingerprint density at radius 2 is 0.418 bits per heavy atom. The van der Waals surface area contributed by atoms with Gasteiger partial charge in [0, 0.05) is 19.3 Å². The molecule has 0 aromatic carbocycles. The van der Waals surface area contributed by atoms with Crippen LogP contribution in [0.25, 0.3) is 0 Å². The molecule has 0 aliphatic carbocycles. The summed E-state index contributed by atoms with van der Waals surface area (Å²) in [6, 6.07) is 0. The highest BCUT2D eigenvalue weighted by Crippen LogP contribution is 2.19. The first kappa shape index (κ1) is 76.9. The van der Waals surface area contributed by atoms with Crippen molar-refractivity contribution in [3.63, 3.8) is 0 Å². The second-order valence-corrected chi connectivity index (χ2v) is 24.5. The molecular formula is C73H138O6. The zero-order valence-electron chi connectivity index (χ0n) is 53.7. The maximum Gasteiger partial charge on any atom is 0.306 e. The summed E-state index contributed by atoms with van der Waals surface area (Å²) in [6.45, 7) is 6.71. The van der Waals surface area contributed by atoms with E-state index in [9.17, 15) is 14.4 Å². The van der Waals surface area contributed by atoms with Crippen LogP contribution < -0.4 is 0 Å². The van der Waals surface area contributed by atoms with Crippen molar-refractivity contribution in [1.82, 2.24) is 0 Å². The van der Waals surface area contributed by atoms with E-state index in [0.717, 1.165) is 57.8 Å². The summed E-state index contributed by atoms with van der Waals surface area (Å²) in [5.74, 6) is -0.847. The monoisotopic (exact) mass is 1110 g/mol. The number of rotatable bonds is 67. The molecule has 466 valence electrons. The minimum atomic E-state index is -0.774. The Hall–Kier alpha value is -2.11. The van der Waals surface area contributed by atoms with Crippen molar-refractivity contribution >= 4 is 17.9 Å². The van der Waals surface area contributed by atoms with E-state index in [-0.39, 0.29) is 31.1 Å². The molecule has 0 rings (SSSR count). The molecule has 6 nitrogen and oxygen atoms in total. The standard InChI is InChI=1S/C73H138O6/c1-4-7-10-13-16-19-22-25-28-31-32-33-34-35-36-37-38-39-40-43-45-48-51-54-57-60-63-66-72(75)78-69-70(79-73(76)67-64-61-58-55-52-49-46-42-30-27-24-21-18-15-12-9-6-3)68-77-71(74)65-62-59-56-53-50-47-44-41-29-26-23-20-17-14-11-8-5-2/h26-27,29-30,70H,4-25,28,31-69H2,1-3H3/b29-26-,30-27-. The summed E-state index contributed by atoms with van der Waals surface area (Å²) in [5, 5.41) is 0. The third-order valence-electron chi connectivity index (χ3n) is 16.4. The third kappa shape index (κ3) is 66.6. The molecule has 1 atom stereocenters. The molecule has 0 aliphatic heterocycles. The van der Waals surface area contributed by atoms with E-state index in [1.165, 1.54) is 308 Å². The molecule has 0 aromatic heterocycles. The molecule has 1 unspecified atom stereocenters. The van der Waals surface area contributed by atoms with Crippen molar-refractivity contribution in [2.45, 2.75) is 412 Å². The molecule has 0 amide bonds. The zero-order valence-corrected chi connectivity index (χ0v) is 53.7. The van der Waals surface area contributed by atoms with E-state index < -0.39 is 6.10 Å². The first-order chi connectivity index (χ1) is 39.0. The average Bonchev–Trinajstić information content (AvgIpc) is 3.45. The Morgan fingerprint density at radius 1 is 0.241 bits per heavy atom. The second kappa shape index (κ2) is 68.4. The number of unbranched alkanes of at least 4 members (excludes halogenated alkanes) is 52. The fraction of sp³-hybridized carbons (Fsp3) is 0.904. The van der Waals surface area contributed by atoms with Gasteiger partial charge in [-0.3, -0.25) is 14.4 Å². The van der Waals surface area contributed by atoms with Crippen LogP contribution in [-0.2, 0) is 28.6 Å². The van der Waals surface area contributed by atoms with Gasteiger partial charge in [-0.05, 0) is 70.6 Å². The largest absolute Gasteiger partial charge is 0.462 e. The molecule has 0 radical (unpaired) electrons. The topological polar surface area (TPSA) is 78.9 Å². The van der Waals surface area contributed by atoms with E-state index in [1.54, 1.807) is 0 Å². The van der Waals surface area contributed by atoms with Crippen molar-refractivity contribution in [1.29, 1.82) is 0 Å². The Kier molecular flexibility index (Phi) is 66.6. The van der Waals surface area contributed by atoms with Crippen LogP contribution >= 0.6 is 0 Å². The van der Waals surface area contributed by atoms with Crippen LogP contribution in [0.1, 0.15) is 406 Å². The first-order valence-electron chi connectivity index (χ1n) is 35.8. The van der Waals surface area contributed by atoms with Gasteiger partial charge >= 0.3 is 17.9 Å². The first-order valence-corrected chi connectivity index (χ1v) is 35.8. The molecule has 0 aliphatic rings. The van der Waals surface area contributed by atoms with Gasteiger partial charge in [-0.2, -0.15) is 0 Å². The summed E-state index contributed by atoms with van der Waals surface area (Å²) in [5.41, 5.74) is 0. The van der Waals surface area contributed by atoms with Gasteiger partial charge in [0.15, 0.2) is 6.10 Å². The number of hydrogen-bond acceptors (Lipinski definition) is 6. The Labute approximate surface area is 493 Å². The van der Waals surface area contributed by atoms with Crippen molar-refractivity contribution in [3.05, 3.63) is 24.3 Å². The summed E-state index contributed by atoms with van der Waals surface area (Å²) in [6.07, 6.45) is 83.5. The zero-order chi connectivity index (χ0) is 57.1. The van der Waals surface area contributed by atoms with Gasteiger partial charge < -0.3 is 14.2 Å². The lowest BCUT2D eigenvalue weighted by molar-refractivity contribution is -0.167. The van der Waals surface area contributed by atoms with Gasteiger partial charge in [-0.1, -0.05) is 340 Å². The Morgan fingerprint density at radius 3 is 0.633 bits per heavy atom. The summed E-state index contributed by atoms with van der Waals surface area (Å²) in [7, 11) is 0. The molecule has 6 heteroatoms. The van der Waals surface area contributed by atoms with Crippen LogP contribution in [0.2, 0.25) is 0 Å². The number of ether oxygens (including phenoxy) is 3. The van der Waals surface area contributed by atoms with Crippen LogP contribution in [-0.4, -0.2) is 37.2 Å². The summed E-state index contributed by atoms with van der Waals surface area (Å²) in [4.78, 5) is 38.4. The molecule has 0 fully saturated rings. The molecule has 79 heavy (non-hydrogen) atoms. The Balaban J connectivity index is 4.23. The van der Waals surface area contributed by atoms with Gasteiger partial charge in [-0.25, -0.2) is 0 Å². The van der Waals surface area contributed by atoms with Crippen LogP contribution in [0.4, 0.5) is 0 Å². The van der Waals surface area contributed by atoms with Crippen LogP contribution in [0.3, 0.4) is 0 Å². The van der Waals surface area contributed by atoms with E-state index in [2.05, 4.69) is 45.1 Å². The SMILES string of the molecule is CCCCCCCC/C=C\CCCCCCCCCC(=O)OCC(COC(=O)CCCCCCCCCCCCCCCCCCCCCCCCCCCCC)OC(=O)CCCCCCCCC/C=C\CCCCCCCC. The number of hydrogen-bond donors (Lipinski definition) is 0. The molecule has 0 heterocycles. The fourth-order valence-corrected chi connectivity index (χ4v) is 11.0. The van der Waals surface area contributed by atoms with Gasteiger partial charge in [0.1, 0.15) is 13.2 Å². The van der Waals surface area contributed by atoms with Crippen molar-refractivity contribution in [2.75, 3.05) is 13.2 Å². The predicted octanol–water partition coefficient (Wildman–Crippen LogP) is 24.6. The van der Waals surface area contributed by atoms with E-state index in [4.69, 9.17) is 14.2 Å². The molecule has 0 saturated heterocycles. The van der Waals surface area contributed by atoms with Crippen molar-refractivity contribution in [3.8, 4) is 0 Å². The number of allylic oxidation sites excluding steroid dienone is 4. The van der Waals surface area contributed by atoms with Gasteiger partial charge in [-0.15, -0.1) is 0 Å². The van der Waals surface area contributed by atoms with Crippen LogP contribution in [0.15, 0.2) is 24.3 Å². The molecule has 0 bridgehead atoms. The predicted molar refractivity (Wildman–Crippen MR) is 344 cm³/mol. The van der Waals surface area contributed by atoms with Gasteiger partial charge in [0.05, 0.1) is 0 Å². The van der Waals surface area contributed by atoms with Gasteiger partial charge in [0.25, 0.3) is 0 Å². The van der Waals surface area contributed by atoms with Crippen molar-refractivity contribution in [2.24, 2.45) is 0 Å². The lowest BCUT2D eigenvalue weighted by Crippen LogP contribution is -2.30. The lowest BCUT2D eigenvalue weighted by atomic mass is 10.0. The molecule has 0 aromatic rings. The number of carbonyl (C=O) groups excluding carboxylic acids is 3. The average molecular weight is 1110 g/mol. The number of carbonyl (C=O) groups is 3. The highest BCUT2D eigenvalue weighted by Gasteiger charge is 2.19. The van der Waals surface area contributed by atoms with E-state index >= 15 is 0 Å². The normalized spacial score (nSPS) is 12.1. The fourth-order valence-electron chi connectivity index (χ4n) is 11.0. The maximum absolute atomic E-state index is 12.9. The van der Waals surface area contributed by atoms with Crippen LogP contribution in [0.5, 0.6) is 0 Å². The van der Waals surface area contributed by atoms with Gasteiger partial charge in [0.2, 0.25) is 0 Å². The number of esters is 3. The summed E-state index contributed by atoms with van der Waals surface area (Å²) >= 11 is 0. The van der Waals surface area contributed by atoms with E-state index in [1.807, 2.05) is 0 Å². The maximum atomic E-state index is 12.9. The minimum Gasteiger partial charge on any atom is -0.462 e. The quantitative estimate of drug-likeness (QED) is 0.0261. The highest BCUT2D eigenvalue weighted by atomic mass is 16.6. The molecule has 0 spiro atoms. The third-order valence-corrected chi connectivity index (χ3v) is 16.4.